The van der Waals surface area contributed by atoms with E-state index >= 15 is 0 Å². The molecule has 0 radical (unpaired) electrons. The molecule has 0 saturated carbocycles. The molecule has 7 nitrogen and oxygen atoms in total. The lowest BCUT2D eigenvalue weighted by atomic mass is 10.5. The highest BCUT2D eigenvalue weighted by Crippen LogP contribution is 1.67. The number of nitrogens with two attached hydrogens (primary N) is 1. The summed E-state index contributed by atoms with van der Waals surface area (Å²) in [6.07, 6.45) is 0.942. The minimum Gasteiger partial charge on any atom is -0.545 e. The molecule has 0 fully saturated rings. The van der Waals surface area contributed by atoms with Crippen LogP contribution in [-0.4, -0.2) is 41.7 Å². The smallest absolute Gasteiger partial charge is 0.359 e. The van der Waals surface area contributed by atoms with Crippen LogP contribution in [0.4, 0.5) is 0 Å². The van der Waals surface area contributed by atoms with E-state index in [1.165, 1.54) is 0 Å². The summed E-state index contributed by atoms with van der Waals surface area (Å²) >= 11 is 0. The number of carbonyl (C=O) groups is 3. The standard InChI is InChI=1S/C4H4O4.C3H7NO2/c5-3(6)1-2-4(7)8;1-4-2-3(5)6/h1-2H,(H,5,6)(H,7,8);4H,2H2,1H3,(H,5,6)/b2-1-;. The Labute approximate surface area is 79.7 Å². The van der Waals surface area contributed by atoms with Gasteiger partial charge in [0.25, 0.3) is 0 Å². The van der Waals surface area contributed by atoms with Gasteiger partial charge in [-0.25, -0.2) is 9.59 Å². The first kappa shape index (κ1) is 14.6. The van der Waals surface area contributed by atoms with E-state index < -0.39 is 17.9 Å². The molecule has 0 amide bonds. The molecular weight excluding hydrogens is 194 g/mol. The Kier molecular flexibility index (Phi) is 9.61. The number of rotatable bonds is 4. The average Bonchev–Trinajstić information content (AvgIpc) is 2.01. The monoisotopic (exact) mass is 205 g/mol. The van der Waals surface area contributed by atoms with Crippen molar-refractivity contribution in [2.24, 2.45) is 0 Å². The van der Waals surface area contributed by atoms with E-state index in [2.05, 4.69) is 0 Å². The minimum atomic E-state index is -1.51. The second-order valence-electron chi connectivity index (χ2n) is 2.00. The topological polar surface area (TPSA) is 131 Å². The third-order valence-corrected chi connectivity index (χ3v) is 0.741. The van der Waals surface area contributed by atoms with Crippen LogP contribution in [0.15, 0.2) is 12.2 Å². The minimum absolute atomic E-state index is 0.167. The van der Waals surface area contributed by atoms with Crippen molar-refractivity contribution >= 4 is 17.9 Å². The van der Waals surface area contributed by atoms with Crippen molar-refractivity contribution in [3.8, 4) is 0 Å². The fourth-order valence-corrected chi connectivity index (χ4v) is 0.314. The molecule has 0 aliphatic carbocycles. The maximum absolute atomic E-state index is 9.57. The number of carboxylic acid groups (broad SMARTS) is 3. The molecule has 0 aliphatic rings. The first-order valence-electron chi connectivity index (χ1n) is 3.51. The van der Waals surface area contributed by atoms with Gasteiger partial charge in [-0.05, 0) is 6.08 Å². The number of hydrogen-bond acceptors (Lipinski definition) is 4. The van der Waals surface area contributed by atoms with Crippen LogP contribution in [0.2, 0.25) is 0 Å². The molecule has 0 heterocycles. The molecule has 0 atom stereocenters. The van der Waals surface area contributed by atoms with Gasteiger partial charge in [0.15, 0.2) is 6.54 Å². The van der Waals surface area contributed by atoms with Crippen molar-refractivity contribution in [3.05, 3.63) is 12.2 Å². The second kappa shape index (κ2) is 9.20. The Morgan fingerprint density at radius 3 is 1.86 bits per heavy atom. The van der Waals surface area contributed by atoms with Crippen molar-refractivity contribution in [1.82, 2.24) is 0 Å². The number of quaternary nitrogens is 1. The number of carboxylic acids is 3. The van der Waals surface area contributed by atoms with Crippen molar-refractivity contribution in [2.75, 3.05) is 13.6 Å². The Morgan fingerprint density at radius 1 is 1.29 bits per heavy atom. The van der Waals surface area contributed by atoms with Crippen LogP contribution in [0.1, 0.15) is 0 Å². The molecule has 0 aromatic heterocycles. The average molecular weight is 205 g/mol. The Morgan fingerprint density at radius 2 is 1.79 bits per heavy atom. The molecule has 0 spiro atoms. The van der Waals surface area contributed by atoms with Crippen molar-refractivity contribution in [2.45, 2.75) is 0 Å². The summed E-state index contributed by atoms with van der Waals surface area (Å²) < 4.78 is 0. The van der Waals surface area contributed by atoms with Gasteiger partial charge in [0.2, 0.25) is 0 Å². The van der Waals surface area contributed by atoms with Crippen molar-refractivity contribution < 1.29 is 35.0 Å². The van der Waals surface area contributed by atoms with Crippen LogP contribution in [0.3, 0.4) is 0 Å². The van der Waals surface area contributed by atoms with Crippen LogP contribution < -0.4 is 10.4 Å². The molecule has 0 aromatic carbocycles. The van der Waals surface area contributed by atoms with Crippen LogP contribution in [0.25, 0.3) is 0 Å². The van der Waals surface area contributed by atoms with Gasteiger partial charge >= 0.3 is 11.9 Å². The quantitative estimate of drug-likeness (QED) is 0.411. The molecular formula is C7H11NO6. The first-order chi connectivity index (χ1) is 6.40. The summed E-state index contributed by atoms with van der Waals surface area (Å²) in [6.45, 7) is 0.167. The van der Waals surface area contributed by atoms with Gasteiger partial charge in [-0.1, -0.05) is 0 Å². The van der Waals surface area contributed by atoms with Crippen LogP contribution in [0.5, 0.6) is 0 Å². The predicted molar refractivity (Wildman–Crippen MR) is 42.1 cm³/mol. The maximum atomic E-state index is 9.57. The molecule has 0 unspecified atom stereocenters. The summed E-state index contributed by atoms with van der Waals surface area (Å²) in [5, 5.41) is 26.7. The van der Waals surface area contributed by atoms with Crippen molar-refractivity contribution in [1.29, 1.82) is 0 Å². The summed E-state index contributed by atoms with van der Waals surface area (Å²) in [6, 6.07) is 0. The summed E-state index contributed by atoms with van der Waals surface area (Å²) in [5.41, 5.74) is 0. The maximum Gasteiger partial charge on any atom is 0.359 e. The highest BCUT2D eigenvalue weighted by Gasteiger charge is 1.90. The molecule has 80 valence electrons. The summed E-state index contributed by atoms with van der Waals surface area (Å²) in [5.74, 6) is -3.57. The van der Waals surface area contributed by atoms with Crippen LogP contribution >= 0.6 is 0 Å². The molecule has 14 heavy (non-hydrogen) atoms. The van der Waals surface area contributed by atoms with E-state index in [0.29, 0.717) is 12.2 Å². The SMILES string of the molecule is C[NH2+]CC(=O)O.O=C([O-])/C=C\C(=O)O. The Hall–Kier alpha value is -1.89. The predicted octanol–water partition coefficient (Wildman–Crippen LogP) is -3.36. The number of aliphatic carboxylic acids is 3. The first-order valence-corrected chi connectivity index (χ1v) is 3.51. The van der Waals surface area contributed by atoms with Gasteiger partial charge in [-0.2, -0.15) is 0 Å². The fourth-order valence-electron chi connectivity index (χ4n) is 0.314. The van der Waals surface area contributed by atoms with Crippen LogP contribution in [0, 0.1) is 0 Å². The van der Waals surface area contributed by atoms with Gasteiger partial charge in [0.05, 0.1) is 13.0 Å². The second-order valence-corrected chi connectivity index (χ2v) is 2.00. The third kappa shape index (κ3) is 22.5. The van der Waals surface area contributed by atoms with Crippen molar-refractivity contribution in [3.63, 3.8) is 0 Å². The summed E-state index contributed by atoms with van der Waals surface area (Å²) in [7, 11) is 1.72. The molecule has 0 aliphatic heterocycles. The van der Waals surface area contributed by atoms with Gasteiger partial charge in [0, 0.05) is 6.08 Å². The molecule has 0 aromatic rings. The third-order valence-electron chi connectivity index (χ3n) is 0.741. The number of likely N-dealkylation sites (N-methyl/N-ethyl adjacent to an activating group) is 1. The lowest BCUT2D eigenvalue weighted by molar-refractivity contribution is -0.616. The van der Waals surface area contributed by atoms with E-state index in [1.54, 1.807) is 12.4 Å². The molecule has 0 saturated heterocycles. The molecule has 7 heteroatoms. The van der Waals surface area contributed by atoms with E-state index in [9.17, 15) is 19.5 Å². The molecule has 4 N–H and O–H groups in total. The summed E-state index contributed by atoms with van der Waals surface area (Å²) in [4.78, 5) is 28.5. The van der Waals surface area contributed by atoms with Gasteiger partial charge < -0.3 is 25.4 Å². The zero-order valence-electron chi connectivity index (χ0n) is 7.47. The zero-order valence-corrected chi connectivity index (χ0v) is 7.47. The molecule has 0 bridgehead atoms. The van der Waals surface area contributed by atoms with E-state index in [1.807, 2.05) is 0 Å². The highest BCUT2D eigenvalue weighted by molar-refractivity contribution is 5.88. The lowest BCUT2D eigenvalue weighted by Gasteiger charge is -1.85. The largest absolute Gasteiger partial charge is 0.545 e. The van der Waals surface area contributed by atoms with E-state index in [0.717, 1.165) is 0 Å². The van der Waals surface area contributed by atoms with Crippen LogP contribution in [-0.2, 0) is 14.4 Å². The van der Waals surface area contributed by atoms with Gasteiger partial charge in [-0.3, -0.25) is 0 Å². The normalized spacial score (nSPS) is 8.93. The Balaban J connectivity index is 0. The van der Waals surface area contributed by atoms with E-state index in [-0.39, 0.29) is 6.54 Å². The Bertz CT molecular complexity index is 218. The molecule has 0 rings (SSSR count). The van der Waals surface area contributed by atoms with Gasteiger partial charge in [0.1, 0.15) is 0 Å². The lowest BCUT2D eigenvalue weighted by Crippen LogP contribution is -2.81. The highest BCUT2D eigenvalue weighted by atomic mass is 16.4. The number of hydrogen-bond donors (Lipinski definition) is 3. The number of carbonyl (C=O) groups excluding carboxylic acids is 1. The zero-order chi connectivity index (χ0) is 11.6. The fraction of sp³-hybridized carbons (Fsp3) is 0.286. The van der Waals surface area contributed by atoms with E-state index in [4.69, 9.17) is 10.2 Å². The van der Waals surface area contributed by atoms with Gasteiger partial charge in [-0.15, -0.1) is 0 Å².